The van der Waals surface area contributed by atoms with Gasteiger partial charge in [0, 0.05) is 11.6 Å². The summed E-state index contributed by atoms with van der Waals surface area (Å²) in [7, 11) is 1.10. The van der Waals surface area contributed by atoms with Crippen molar-refractivity contribution < 1.29 is 18.7 Å². The lowest BCUT2D eigenvalue weighted by molar-refractivity contribution is -0.150. The Balaban J connectivity index is 2.09. The number of pyridine rings is 1. The molecule has 2 heterocycles. The minimum atomic E-state index is -1.04. The Bertz CT molecular complexity index is 979. The molecule has 0 bridgehead atoms. The topological polar surface area (TPSA) is 98.5 Å². The molecule has 1 amide bonds. The van der Waals surface area contributed by atoms with E-state index in [9.17, 15) is 14.4 Å². The third-order valence-electron chi connectivity index (χ3n) is 3.32. The van der Waals surface area contributed by atoms with Crippen molar-refractivity contribution in [2.45, 2.75) is 0 Å². The number of esters is 1. The highest BCUT2D eigenvalue weighted by Crippen LogP contribution is 2.25. The van der Waals surface area contributed by atoms with E-state index in [1.807, 2.05) is 0 Å². The van der Waals surface area contributed by atoms with Gasteiger partial charge in [0.1, 0.15) is 0 Å². The van der Waals surface area contributed by atoms with Crippen LogP contribution in [0, 0.1) is 0 Å². The van der Waals surface area contributed by atoms with E-state index in [0.29, 0.717) is 16.6 Å². The number of anilines is 1. The lowest BCUT2D eigenvalue weighted by atomic mass is 10.1. The summed E-state index contributed by atoms with van der Waals surface area (Å²) in [5, 5.41) is 2.94. The molecule has 3 aromatic rings. The molecule has 0 aliphatic carbocycles. The van der Waals surface area contributed by atoms with Crippen molar-refractivity contribution in [3.63, 3.8) is 0 Å². The van der Waals surface area contributed by atoms with Crippen molar-refractivity contribution >= 4 is 28.5 Å². The van der Waals surface area contributed by atoms with E-state index in [-0.39, 0.29) is 11.3 Å². The minimum absolute atomic E-state index is 0.166. The number of amides is 1. The van der Waals surface area contributed by atoms with Crippen molar-refractivity contribution in [1.82, 2.24) is 4.98 Å². The molecule has 2 aromatic heterocycles. The van der Waals surface area contributed by atoms with Crippen LogP contribution in [0.4, 0.5) is 5.69 Å². The Hall–Kier alpha value is -3.48. The fourth-order valence-corrected chi connectivity index (χ4v) is 2.21. The van der Waals surface area contributed by atoms with Crippen LogP contribution >= 0.6 is 0 Å². The molecule has 7 heteroatoms. The predicted molar refractivity (Wildman–Crippen MR) is 86.4 cm³/mol. The molecule has 120 valence electrons. The van der Waals surface area contributed by atoms with Crippen molar-refractivity contribution in [1.29, 1.82) is 0 Å². The summed E-state index contributed by atoms with van der Waals surface area (Å²) in [6.45, 7) is 0. The molecule has 1 aromatic carbocycles. The standard InChI is InChI=1S/C17H12N2O5/c1-23-17(22)15(20)19-13-7-4-5-10-9-11(16(21)24-14(10)13)12-6-2-3-8-18-12/h2-9H,1H3,(H,19,20). The van der Waals surface area contributed by atoms with E-state index in [2.05, 4.69) is 15.0 Å². The summed E-state index contributed by atoms with van der Waals surface area (Å²) < 4.78 is 9.68. The number of aromatic nitrogens is 1. The van der Waals surface area contributed by atoms with Crippen LogP contribution in [0.15, 0.2) is 57.9 Å². The van der Waals surface area contributed by atoms with E-state index in [4.69, 9.17) is 4.42 Å². The van der Waals surface area contributed by atoms with Gasteiger partial charge in [-0.2, -0.15) is 0 Å². The van der Waals surface area contributed by atoms with Gasteiger partial charge in [0.25, 0.3) is 0 Å². The first-order valence-corrected chi connectivity index (χ1v) is 6.97. The molecule has 0 spiro atoms. The largest absolute Gasteiger partial charge is 0.462 e. The zero-order valence-electron chi connectivity index (χ0n) is 12.6. The molecule has 0 saturated carbocycles. The summed E-state index contributed by atoms with van der Waals surface area (Å²) in [6, 6.07) is 11.7. The number of hydrogen-bond acceptors (Lipinski definition) is 6. The van der Waals surface area contributed by atoms with Gasteiger partial charge in [-0.25, -0.2) is 9.59 Å². The average molecular weight is 324 g/mol. The molecule has 0 aliphatic rings. The SMILES string of the molecule is COC(=O)C(=O)Nc1cccc2cc(-c3ccccn3)c(=O)oc12. The van der Waals surface area contributed by atoms with Crippen molar-refractivity contribution in [3.8, 4) is 11.3 Å². The molecule has 3 rings (SSSR count). The van der Waals surface area contributed by atoms with Gasteiger partial charge in [-0.3, -0.25) is 9.78 Å². The summed E-state index contributed by atoms with van der Waals surface area (Å²) in [6.07, 6.45) is 1.58. The number of carbonyl (C=O) groups is 2. The van der Waals surface area contributed by atoms with Crippen LogP contribution < -0.4 is 10.9 Å². The van der Waals surface area contributed by atoms with Crippen LogP contribution in [0.25, 0.3) is 22.2 Å². The Morgan fingerprint density at radius 2 is 2.00 bits per heavy atom. The normalized spacial score (nSPS) is 10.4. The van der Waals surface area contributed by atoms with Crippen molar-refractivity contribution in [2.24, 2.45) is 0 Å². The van der Waals surface area contributed by atoms with E-state index >= 15 is 0 Å². The summed E-state index contributed by atoms with van der Waals surface area (Å²) in [4.78, 5) is 39.2. The maximum Gasteiger partial charge on any atom is 0.396 e. The molecule has 0 unspecified atom stereocenters. The van der Waals surface area contributed by atoms with Crippen LogP contribution in [-0.4, -0.2) is 24.0 Å². The highest BCUT2D eigenvalue weighted by molar-refractivity contribution is 6.37. The van der Waals surface area contributed by atoms with Gasteiger partial charge in [-0.15, -0.1) is 0 Å². The molecule has 0 fully saturated rings. The zero-order chi connectivity index (χ0) is 17.1. The molecule has 0 radical (unpaired) electrons. The van der Waals surface area contributed by atoms with Gasteiger partial charge in [-0.05, 0) is 24.3 Å². The van der Waals surface area contributed by atoms with Gasteiger partial charge < -0.3 is 14.5 Å². The van der Waals surface area contributed by atoms with Gasteiger partial charge >= 0.3 is 17.5 Å². The highest BCUT2D eigenvalue weighted by Gasteiger charge is 2.17. The average Bonchev–Trinajstić information content (AvgIpc) is 2.61. The Morgan fingerprint density at radius 3 is 2.71 bits per heavy atom. The molecule has 0 saturated heterocycles. The molecular weight excluding hydrogens is 312 g/mol. The third kappa shape index (κ3) is 2.87. The number of para-hydroxylation sites is 1. The number of nitrogens with zero attached hydrogens (tertiary/aromatic N) is 1. The third-order valence-corrected chi connectivity index (χ3v) is 3.32. The first-order valence-electron chi connectivity index (χ1n) is 6.97. The van der Waals surface area contributed by atoms with Crippen molar-refractivity contribution in [2.75, 3.05) is 12.4 Å². The number of ether oxygens (including phenoxy) is 1. The molecule has 1 N–H and O–H groups in total. The molecule has 7 nitrogen and oxygen atoms in total. The molecule has 0 atom stereocenters. The fraction of sp³-hybridized carbons (Fsp3) is 0.0588. The molecule has 0 aliphatic heterocycles. The monoisotopic (exact) mass is 324 g/mol. The van der Waals surface area contributed by atoms with E-state index in [1.54, 1.807) is 42.6 Å². The number of hydrogen-bond donors (Lipinski definition) is 1. The van der Waals surface area contributed by atoms with E-state index in [0.717, 1.165) is 7.11 Å². The fourth-order valence-electron chi connectivity index (χ4n) is 2.21. The van der Waals surface area contributed by atoms with Crippen LogP contribution in [-0.2, 0) is 14.3 Å². The Morgan fingerprint density at radius 1 is 1.17 bits per heavy atom. The van der Waals surface area contributed by atoms with Gasteiger partial charge in [0.15, 0.2) is 5.58 Å². The number of rotatable bonds is 2. The second-order valence-electron chi connectivity index (χ2n) is 4.83. The second kappa shape index (κ2) is 6.33. The predicted octanol–water partition coefficient (Wildman–Crippen LogP) is 1.97. The Kier molecular flexibility index (Phi) is 4.07. The lowest BCUT2D eigenvalue weighted by Gasteiger charge is -2.07. The maximum atomic E-state index is 12.3. The number of benzene rings is 1. The summed E-state index contributed by atoms with van der Waals surface area (Å²) in [5.41, 5.74) is 0.560. The zero-order valence-corrected chi connectivity index (χ0v) is 12.6. The van der Waals surface area contributed by atoms with Gasteiger partial charge in [0.05, 0.1) is 24.1 Å². The summed E-state index contributed by atoms with van der Waals surface area (Å²) >= 11 is 0. The number of methoxy groups -OCH3 is 1. The quantitative estimate of drug-likeness (QED) is 0.439. The minimum Gasteiger partial charge on any atom is -0.462 e. The number of nitrogens with one attached hydrogen (secondary N) is 1. The van der Waals surface area contributed by atoms with Gasteiger partial charge in [0.2, 0.25) is 0 Å². The highest BCUT2D eigenvalue weighted by atomic mass is 16.5. The number of fused-ring (bicyclic) bond motifs is 1. The van der Waals surface area contributed by atoms with Crippen LogP contribution in [0.2, 0.25) is 0 Å². The molecular formula is C17H12N2O5. The number of carbonyl (C=O) groups excluding carboxylic acids is 2. The van der Waals surface area contributed by atoms with Crippen LogP contribution in [0.5, 0.6) is 0 Å². The van der Waals surface area contributed by atoms with Crippen LogP contribution in [0.3, 0.4) is 0 Å². The smallest absolute Gasteiger partial charge is 0.396 e. The lowest BCUT2D eigenvalue weighted by Crippen LogP contribution is -2.24. The van der Waals surface area contributed by atoms with Crippen LogP contribution in [0.1, 0.15) is 0 Å². The Labute approximate surface area is 135 Å². The first-order chi connectivity index (χ1) is 11.6. The second-order valence-corrected chi connectivity index (χ2v) is 4.83. The first kappa shape index (κ1) is 15.4. The van der Waals surface area contributed by atoms with E-state index in [1.165, 1.54) is 6.07 Å². The van der Waals surface area contributed by atoms with Gasteiger partial charge in [-0.1, -0.05) is 18.2 Å². The van der Waals surface area contributed by atoms with E-state index < -0.39 is 17.5 Å². The maximum absolute atomic E-state index is 12.3. The summed E-state index contributed by atoms with van der Waals surface area (Å²) in [5.74, 6) is -2.00. The van der Waals surface area contributed by atoms with Crippen molar-refractivity contribution in [3.05, 3.63) is 59.1 Å². The molecule has 24 heavy (non-hydrogen) atoms.